The standard InChI is InChI=1S/C34H43N3O5S/c1-6-31(34(39)35-28-11-7-8-12-28)36(22-27-10-9-13-29(21-27)42-5)33(38)23-37(32-19-16-25(3)20-26(32)4)43(40,41)30-17-14-24(2)15-18-30/h9-10,13-21,28,31H,6-8,11-12,22-23H2,1-5H3,(H,35,39)/t31-/m1/s1. The van der Waals surface area contributed by atoms with E-state index in [1.165, 1.54) is 9.21 Å². The van der Waals surface area contributed by atoms with Crippen LogP contribution in [0.4, 0.5) is 5.69 Å². The Balaban J connectivity index is 1.75. The van der Waals surface area contributed by atoms with Crippen LogP contribution in [0.15, 0.2) is 71.6 Å². The van der Waals surface area contributed by atoms with Crippen LogP contribution >= 0.6 is 0 Å². The molecule has 1 N–H and O–H groups in total. The molecule has 1 aliphatic rings. The molecule has 0 bridgehead atoms. The van der Waals surface area contributed by atoms with E-state index in [2.05, 4.69) is 5.32 Å². The monoisotopic (exact) mass is 605 g/mol. The number of carbonyl (C=O) groups excluding carboxylic acids is 2. The Kier molecular flexibility index (Phi) is 10.5. The Bertz CT molecular complexity index is 1530. The first-order valence-corrected chi connectivity index (χ1v) is 16.4. The smallest absolute Gasteiger partial charge is 0.264 e. The van der Waals surface area contributed by atoms with Crippen molar-refractivity contribution in [2.75, 3.05) is 18.0 Å². The molecule has 0 spiro atoms. The van der Waals surface area contributed by atoms with Crippen LogP contribution in [0.5, 0.6) is 5.75 Å². The van der Waals surface area contributed by atoms with Gasteiger partial charge in [0, 0.05) is 12.6 Å². The lowest BCUT2D eigenvalue weighted by Gasteiger charge is -2.34. The van der Waals surface area contributed by atoms with Gasteiger partial charge in [0.2, 0.25) is 11.8 Å². The minimum Gasteiger partial charge on any atom is -0.497 e. The fourth-order valence-corrected chi connectivity index (χ4v) is 7.17. The van der Waals surface area contributed by atoms with Gasteiger partial charge in [-0.2, -0.15) is 0 Å². The van der Waals surface area contributed by atoms with E-state index in [0.29, 0.717) is 17.9 Å². The van der Waals surface area contributed by atoms with E-state index in [-0.39, 0.29) is 23.4 Å². The summed E-state index contributed by atoms with van der Waals surface area (Å²) in [4.78, 5) is 29.6. The molecule has 0 aliphatic heterocycles. The molecule has 43 heavy (non-hydrogen) atoms. The van der Waals surface area contributed by atoms with Crippen molar-refractivity contribution in [2.45, 2.75) is 83.3 Å². The van der Waals surface area contributed by atoms with E-state index in [0.717, 1.165) is 47.9 Å². The zero-order valence-electron chi connectivity index (χ0n) is 25.8. The van der Waals surface area contributed by atoms with Crippen LogP contribution in [0.1, 0.15) is 61.3 Å². The second kappa shape index (κ2) is 14.1. The topological polar surface area (TPSA) is 96.0 Å². The van der Waals surface area contributed by atoms with Crippen molar-refractivity contribution in [3.63, 3.8) is 0 Å². The van der Waals surface area contributed by atoms with Gasteiger partial charge in [0.1, 0.15) is 18.3 Å². The molecule has 2 amide bonds. The molecule has 0 aromatic heterocycles. The van der Waals surface area contributed by atoms with E-state index in [9.17, 15) is 18.0 Å². The Morgan fingerprint density at radius 1 is 0.953 bits per heavy atom. The first kappa shape index (κ1) is 32.1. The number of amides is 2. The highest BCUT2D eigenvalue weighted by molar-refractivity contribution is 7.92. The van der Waals surface area contributed by atoms with Crippen molar-refractivity contribution in [1.82, 2.24) is 10.2 Å². The van der Waals surface area contributed by atoms with Gasteiger partial charge in [0.25, 0.3) is 10.0 Å². The summed E-state index contributed by atoms with van der Waals surface area (Å²) >= 11 is 0. The highest BCUT2D eigenvalue weighted by Crippen LogP contribution is 2.29. The highest BCUT2D eigenvalue weighted by atomic mass is 32.2. The van der Waals surface area contributed by atoms with Gasteiger partial charge in [0.05, 0.1) is 17.7 Å². The molecular weight excluding hydrogens is 562 g/mol. The summed E-state index contributed by atoms with van der Waals surface area (Å²) in [5.41, 5.74) is 3.84. The molecule has 4 rings (SSSR count). The van der Waals surface area contributed by atoms with Gasteiger partial charge in [-0.05, 0) is 81.5 Å². The minimum atomic E-state index is -4.12. The van der Waals surface area contributed by atoms with Crippen molar-refractivity contribution in [3.8, 4) is 5.75 Å². The molecule has 1 atom stereocenters. The van der Waals surface area contributed by atoms with Gasteiger partial charge in [-0.25, -0.2) is 8.42 Å². The summed E-state index contributed by atoms with van der Waals surface area (Å²) in [5.74, 6) is -0.0517. The maximum Gasteiger partial charge on any atom is 0.264 e. The van der Waals surface area contributed by atoms with Gasteiger partial charge in [-0.15, -0.1) is 0 Å². The molecule has 9 heteroatoms. The number of anilines is 1. The fraction of sp³-hybridized carbons (Fsp3) is 0.412. The first-order chi connectivity index (χ1) is 20.5. The van der Waals surface area contributed by atoms with E-state index >= 15 is 0 Å². The van der Waals surface area contributed by atoms with Crippen LogP contribution in [0.25, 0.3) is 0 Å². The first-order valence-electron chi connectivity index (χ1n) is 14.9. The van der Waals surface area contributed by atoms with E-state index in [1.54, 1.807) is 37.4 Å². The van der Waals surface area contributed by atoms with Crippen molar-refractivity contribution >= 4 is 27.5 Å². The van der Waals surface area contributed by atoms with Crippen molar-refractivity contribution < 1.29 is 22.7 Å². The number of nitrogens with zero attached hydrogens (tertiary/aromatic N) is 2. The van der Waals surface area contributed by atoms with Crippen LogP contribution < -0.4 is 14.4 Å². The summed E-state index contributed by atoms with van der Waals surface area (Å²) in [6.07, 6.45) is 4.34. The number of methoxy groups -OCH3 is 1. The largest absolute Gasteiger partial charge is 0.497 e. The SMILES string of the molecule is CC[C@H](C(=O)NC1CCCC1)N(Cc1cccc(OC)c1)C(=O)CN(c1ccc(C)cc1C)S(=O)(=O)c1ccc(C)cc1. The van der Waals surface area contributed by atoms with Crippen LogP contribution in [-0.2, 0) is 26.2 Å². The molecule has 0 unspecified atom stereocenters. The second-order valence-electron chi connectivity index (χ2n) is 11.4. The summed E-state index contributed by atoms with van der Waals surface area (Å²) in [7, 11) is -2.55. The van der Waals surface area contributed by atoms with E-state index in [1.807, 2.05) is 64.1 Å². The molecule has 8 nitrogen and oxygen atoms in total. The van der Waals surface area contributed by atoms with Crippen LogP contribution in [-0.4, -0.2) is 50.9 Å². The lowest BCUT2D eigenvalue weighted by molar-refractivity contribution is -0.140. The summed E-state index contributed by atoms with van der Waals surface area (Å²) in [6, 6.07) is 18.7. The average Bonchev–Trinajstić information content (AvgIpc) is 3.49. The number of hydrogen-bond donors (Lipinski definition) is 1. The van der Waals surface area contributed by atoms with E-state index in [4.69, 9.17) is 4.74 Å². The Morgan fingerprint density at radius 2 is 1.63 bits per heavy atom. The van der Waals surface area contributed by atoms with Crippen molar-refractivity contribution in [2.24, 2.45) is 0 Å². The molecule has 3 aromatic rings. The van der Waals surface area contributed by atoms with Crippen LogP contribution in [0, 0.1) is 20.8 Å². The average molecular weight is 606 g/mol. The minimum absolute atomic E-state index is 0.0870. The molecular formula is C34H43N3O5S. The summed E-state index contributed by atoms with van der Waals surface area (Å²) in [5, 5.41) is 3.15. The lowest BCUT2D eigenvalue weighted by Crippen LogP contribution is -2.53. The number of aryl methyl sites for hydroxylation is 3. The van der Waals surface area contributed by atoms with E-state index < -0.39 is 28.5 Å². The number of ether oxygens (including phenoxy) is 1. The van der Waals surface area contributed by atoms with Crippen LogP contribution in [0.3, 0.4) is 0 Å². The highest BCUT2D eigenvalue weighted by Gasteiger charge is 2.35. The van der Waals surface area contributed by atoms with Crippen molar-refractivity contribution in [3.05, 3.63) is 89.0 Å². The predicted molar refractivity (Wildman–Crippen MR) is 170 cm³/mol. The zero-order chi connectivity index (χ0) is 31.1. The third-order valence-corrected chi connectivity index (χ3v) is 9.86. The predicted octanol–water partition coefficient (Wildman–Crippen LogP) is 5.68. The van der Waals surface area contributed by atoms with Gasteiger partial charge >= 0.3 is 0 Å². The molecule has 0 radical (unpaired) electrons. The normalized spacial score (nSPS) is 14.3. The number of rotatable bonds is 12. The molecule has 1 saturated carbocycles. The zero-order valence-corrected chi connectivity index (χ0v) is 26.6. The quantitative estimate of drug-likeness (QED) is 0.287. The lowest BCUT2D eigenvalue weighted by atomic mass is 10.1. The van der Waals surface area contributed by atoms with Gasteiger partial charge in [-0.3, -0.25) is 13.9 Å². The van der Waals surface area contributed by atoms with Crippen LogP contribution in [0.2, 0.25) is 0 Å². The van der Waals surface area contributed by atoms with Crippen molar-refractivity contribution in [1.29, 1.82) is 0 Å². The number of nitrogens with one attached hydrogen (secondary N) is 1. The third-order valence-electron chi connectivity index (χ3n) is 8.08. The Morgan fingerprint density at radius 3 is 2.26 bits per heavy atom. The Labute approximate surface area is 256 Å². The van der Waals surface area contributed by atoms with Gasteiger partial charge < -0.3 is 15.0 Å². The Hall–Kier alpha value is -3.85. The van der Waals surface area contributed by atoms with Gasteiger partial charge in [0.15, 0.2) is 0 Å². The van der Waals surface area contributed by atoms with Gasteiger partial charge in [-0.1, -0.05) is 67.3 Å². The maximum atomic E-state index is 14.3. The summed E-state index contributed by atoms with van der Waals surface area (Å²) in [6.45, 7) is 7.19. The molecule has 0 heterocycles. The maximum absolute atomic E-state index is 14.3. The number of benzene rings is 3. The molecule has 230 valence electrons. The number of sulfonamides is 1. The molecule has 1 fully saturated rings. The third kappa shape index (κ3) is 7.76. The fourth-order valence-electron chi connectivity index (χ4n) is 5.69. The number of hydrogen-bond acceptors (Lipinski definition) is 5. The molecule has 1 aliphatic carbocycles. The number of carbonyl (C=O) groups is 2. The molecule has 0 saturated heterocycles. The summed E-state index contributed by atoms with van der Waals surface area (Å²) < 4.78 is 34.9. The second-order valence-corrected chi connectivity index (χ2v) is 13.3. The molecule has 3 aromatic carbocycles.